The number of carboxylic acid groups (broad SMARTS) is 1. The molecule has 0 spiro atoms. The number of hydrogen-bond donors (Lipinski definition) is 1. The first-order valence-electron chi connectivity index (χ1n) is 8.88. The van der Waals surface area contributed by atoms with Crippen LogP contribution in [-0.2, 0) is 32.3 Å². The fraction of sp³-hybridized carbons (Fsp3) is 0.174. The number of carbonyl (C=O) groups is 3. The maximum Gasteiger partial charge on any atom is 0.404 e. The van der Waals surface area contributed by atoms with E-state index >= 15 is 0 Å². The van der Waals surface area contributed by atoms with Crippen molar-refractivity contribution in [2.45, 2.75) is 26.1 Å². The predicted molar refractivity (Wildman–Crippen MR) is 116 cm³/mol. The van der Waals surface area contributed by atoms with Crippen molar-refractivity contribution in [3.05, 3.63) is 97.1 Å². The van der Waals surface area contributed by atoms with Crippen LogP contribution in [0.1, 0.15) is 24.0 Å². The van der Waals surface area contributed by atoms with Crippen molar-refractivity contribution in [1.29, 1.82) is 0 Å². The lowest BCUT2D eigenvalue weighted by atomic mass is 10.2. The zero-order chi connectivity index (χ0) is 22.6. The summed E-state index contributed by atoms with van der Waals surface area (Å²) in [5, 5.41) is 7.84. The second kappa shape index (κ2) is 17.7. The molecule has 0 aromatic heterocycles. The average Bonchev–Trinajstić information content (AvgIpc) is 2.73. The van der Waals surface area contributed by atoms with E-state index in [9.17, 15) is 14.4 Å². The van der Waals surface area contributed by atoms with Gasteiger partial charge in [-0.3, -0.25) is 9.59 Å². The lowest BCUT2D eigenvalue weighted by Crippen LogP contribution is -2.02. The minimum Gasteiger partial charge on any atom is -0.481 e. The van der Waals surface area contributed by atoms with Crippen LogP contribution in [0.25, 0.3) is 0 Å². The SMILES string of the molecule is C=CCC(=O)O.C=CCC(=O)OCc1ccccc1.O=C(Cl)OCc1ccccc1. The Bertz CT molecular complexity index is 775. The van der Waals surface area contributed by atoms with Gasteiger partial charge in [-0.2, -0.15) is 0 Å². The molecule has 0 atom stereocenters. The van der Waals surface area contributed by atoms with Crippen LogP contribution >= 0.6 is 11.6 Å². The Morgan fingerprint density at radius 2 is 1.23 bits per heavy atom. The van der Waals surface area contributed by atoms with Crippen LogP contribution in [0.15, 0.2) is 86.0 Å². The minimum absolute atomic E-state index is 0.0556. The maximum atomic E-state index is 10.9. The number of aliphatic carboxylic acids is 1. The Morgan fingerprint density at radius 3 is 1.57 bits per heavy atom. The summed E-state index contributed by atoms with van der Waals surface area (Å²) in [5.41, 5.74) is 1.16. The van der Waals surface area contributed by atoms with Gasteiger partial charge in [-0.25, -0.2) is 4.79 Å². The normalized spacial score (nSPS) is 8.83. The summed E-state index contributed by atoms with van der Waals surface area (Å²) in [6, 6.07) is 18.9. The summed E-state index contributed by atoms with van der Waals surface area (Å²) in [4.78, 5) is 30.6. The monoisotopic (exact) mass is 432 g/mol. The molecule has 0 saturated heterocycles. The fourth-order valence-electron chi connectivity index (χ4n) is 1.75. The Morgan fingerprint density at radius 1 is 0.800 bits per heavy atom. The fourth-order valence-corrected chi connectivity index (χ4v) is 1.81. The summed E-state index contributed by atoms with van der Waals surface area (Å²) in [6.45, 7) is 7.25. The highest BCUT2D eigenvalue weighted by atomic mass is 35.5. The standard InChI is InChI=1S/C11H12O2.C8H7ClO2.C4H6O2/c1-2-6-11(12)13-9-10-7-4-3-5-8-10;9-8(10)11-6-7-4-2-1-3-5-7;1-2-3-4(5)6/h2-5,7-8H,1,6,9H2;1-5H,6H2;2H,1,3H2,(H,5,6). The second-order valence-corrected chi connectivity index (χ2v) is 5.85. The van der Waals surface area contributed by atoms with Gasteiger partial charge >= 0.3 is 17.4 Å². The zero-order valence-corrected chi connectivity index (χ0v) is 17.3. The van der Waals surface area contributed by atoms with Crippen LogP contribution in [0.3, 0.4) is 0 Å². The second-order valence-electron chi connectivity index (χ2n) is 5.54. The molecule has 0 unspecified atom stereocenters. The predicted octanol–water partition coefficient (Wildman–Crippen LogP) is 5.52. The molecule has 7 heteroatoms. The highest BCUT2D eigenvalue weighted by molar-refractivity contribution is 6.61. The molecule has 0 radical (unpaired) electrons. The van der Waals surface area contributed by atoms with E-state index in [1.807, 2.05) is 60.7 Å². The Balaban J connectivity index is 0.000000450. The number of carboxylic acids is 1. The van der Waals surface area contributed by atoms with E-state index < -0.39 is 11.4 Å². The molecular formula is C23H25ClO6. The molecule has 2 rings (SSSR count). The minimum atomic E-state index is -0.829. The third-order valence-electron chi connectivity index (χ3n) is 3.07. The van der Waals surface area contributed by atoms with Crippen molar-refractivity contribution >= 4 is 29.0 Å². The van der Waals surface area contributed by atoms with Crippen molar-refractivity contribution < 1.29 is 29.0 Å². The van der Waals surface area contributed by atoms with E-state index in [-0.39, 0.29) is 25.4 Å². The van der Waals surface area contributed by atoms with E-state index in [1.54, 1.807) is 0 Å². The van der Waals surface area contributed by atoms with Gasteiger partial charge in [-0.1, -0.05) is 72.8 Å². The van der Waals surface area contributed by atoms with Crippen molar-refractivity contribution in [1.82, 2.24) is 0 Å². The number of ether oxygens (including phenoxy) is 2. The number of hydrogen-bond acceptors (Lipinski definition) is 5. The molecule has 6 nitrogen and oxygen atoms in total. The Labute approximate surface area is 181 Å². The molecule has 2 aromatic carbocycles. The largest absolute Gasteiger partial charge is 0.481 e. The topological polar surface area (TPSA) is 89.9 Å². The smallest absolute Gasteiger partial charge is 0.404 e. The van der Waals surface area contributed by atoms with Crippen LogP contribution in [0.2, 0.25) is 0 Å². The number of rotatable bonds is 8. The van der Waals surface area contributed by atoms with Gasteiger partial charge in [0.1, 0.15) is 13.2 Å². The molecule has 0 amide bonds. The summed E-state index contributed by atoms with van der Waals surface area (Å²) in [6.07, 6.45) is 3.21. The molecule has 0 aliphatic rings. The quantitative estimate of drug-likeness (QED) is 0.336. The highest BCUT2D eigenvalue weighted by Crippen LogP contribution is 2.02. The van der Waals surface area contributed by atoms with Gasteiger partial charge in [-0.05, 0) is 11.1 Å². The van der Waals surface area contributed by atoms with Crippen LogP contribution in [-0.4, -0.2) is 22.5 Å². The first kappa shape index (κ1) is 26.6. The van der Waals surface area contributed by atoms with E-state index in [4.69, 9.17) is 21.4 Å². The first-order chi connectivity index (χ1) is 14.4. The first-order valence-corrected chi connectivity index (χ1v) is 9.26. The molecular weight excluding hydrogens is 408 g/mol. The Hall–Kier alpha value is -3.38. The van der Waals surface area contributed by atoms with Gasteiger partial charge in [0.25, 0.3) is 0 Å². The molecule has 2 aromatic rings. The van der Waals surface area contributed by atoms with Gasteiger partial charge in [0, 0.05) is 11.6 Å². The van der Waals surface area contributed by atoms with Gasteiger partial charge in [0.2, 0.25) is 0 Å². The average molecular weight is 433 g/mol. The number of halogens is 1. The van der Waals surface area contributed by atoms with Gasteiger partial charge < -0.3 is 14.6 Å². The van der Waals surface area contributed by atoms with Crippen molar-refractivity contribution in [2.24, 2.45) is 0 Å². The van der Waals surface area contributed by atoms with Crippen LogP contribution in [0.4, 0.5) is 4.79 Å². The number of benzene rings is 2. The molecule has 160 valence electrons. The maximum absolute atomic E-state index is 10.9. The van der Waals surface area contributed by atoms with Crippen molar-refractivity contribution in [2.75, 3.05) is 0 Å². The molecule has 0 aliphatic heterocycles. The van der Waals surface area contributed by atoms with Crippen LogP contribution in [0.5, 0.6) is 0 Å². The van der Waals surface area contributed by atoms with Crippen molar-refractivity contribution in [3.63, 3.8) is 0 Å². The third-order valence-corrected chi connectivity index (χ3v) is 3.18. The van der Waals surface area contributed by atoms with E-state index in [0.29, 0.717) is 6.61 Å². The highest BCUT2D eigenvalue weighted by Gasteiger charge is 1.99. The van der Waals surface area contributed by atoms with Gasteiger partial charge in [0.15, 0.2) is 0 Å². The zero-order valence-electron chi connectivity index (χ0n) is 16.5. The molecule has 0 saturated carbocycles. The molecule has 0 aliphatic carbocycles. The van der Waals surface area contributed by atoms with E-state index in [2.05, 4.69) is 17.9 Å². The number of carbonyl (C=O) groups excluding carboxylic acids is 2. The van der Waals surface area contributed by atoms with Crippen LogP contribution in [0, 0.1) is 0 Å². The molecule has 0 fully saturated rings. The Kier molecular flexibility index (Phi) is 15.7. The lowest BCUT2D eigenvalue weighted by Gasteiger charge is -2.02. The van der Waals surface area contributed by atoms with E-state index in [1.165, 1.54) is 12.2 Å². The van der Waals surface area contributed by atoms with Gasteiger partial charge in [0.05, 0.1) is 12.8 Å². The summed E-state index contributed by atoms with van der Waals surface area (Å²) >= 11 is 4.97. The molecule has 0 heterocycles. The third kappa shape index (κ3) is 16.8. The summed E-state index contributed by atoms with van der Waals surface area (Å²) in [5.74, 6) is -1.07. The van der Waals surface area contributed by atoms with Gasteiger partial charge in [-0.15, -0.1) is 13.2 Å². The van der Waals surface area contributed by atoms with Crippen LogP contribution < -0.4 is 0 Å². The van der Waals surface area contributed by atoms with Crippen molar-refractivity contribution in [3.8, 4) is 0 Å². The molecule has 0 bridgehead atoms. The number of esters is 1. The summed E-state index contributed by atoms with van der Waals surface area (Å²) in [7, 11) is 0. The lowest BCUT2D eigenvalue weighted by molar-refractivity contribution is -0.144. The molecule has 30 heavy (non-hydrogen) atoms. The molecule has 1 N–H and O–H groups in total. The summed E-state index contributed by atoms with van der Waals surface area (Å²) < 4.78 is 9.51. The van der Waals surface area contributed by atoms with E-state index in [0.717, 1.165) is 11.1 Å².